The fourth-order valence-electron chi connectivity index (χ4n) is 1.93. The van der Waals surface area contributed by atoms with Gasteiger partial charge in [-0.1, -0.05) is 20.3 Å². The van der Waals surface area contributed by atoms with Gasteiger partial charge in [0.2, 0.25) is 5.91 Å². The highest BCUT2D eigenvalue weighted by Crippen LogP contribution is 2.19. The molecule has 0 aromatic carbocycles. The van der Waals surface area contributed by atoms with Gasteiger partial charge in [0.15, 0.2) is 0 Å². The Morgan fingerprint density at radius 2 is 2.00 bits per heavy atom. The molecule has 0 aromatic rings. The number of ether oxygens (including phenoxy) is 1. The molecule has 18 heavy (non-hydrogen) atoms. The maximum atomic E-state index is 12.1. The van der Waals surface area contributed by atoms with Crippen molar-refractivity contribution in [1.29, 1.82) is 0 Å². The van der Waals surface area contributed by atoms with Crippen molar-refractivity contribution in [1.82, 2.24) is 5.32 Å². The summed E-state index contributed by atoms with van der Waals surface area (Å²) < 4.78 is 5.16. The number of hydrogen-bond donors (Lipinski definition) is 3. The van der Waals surface area contributed by atoms with Crippen LogP contribution in [0.3, 0.4) is 0 Å². The number of carboxylic acid groups (broad SMARTS) is 1. The minimum Gasteiger partial charge on any atom is -0.480 e. The Labute approximate surface area is 107 Å². The molecule has 1 amide bonds. The highest BCUT2D eigenvalue weighted by atomic mass is 16.5. The predicted molar refractivity (Wildman–Crippen MR) is 66.0 cm³/mol. The molecule has 1 aliphatic rings. The number of nitrogens with one attached hydrogen (secondary N) is 1. The van der Waals surface area contributed by atoms with Crippen LogP contribution in [-0.2, 0) is 14.3 Å². The van der Waals surface area contributed by atoms with Gasteiger partial charge in [-0.3, -0.25) is 4.79 Å². The zero-order valence-corrected chi connectivity index (χ0v) is 10.9. The van der Waals surface area contributed by atoms with Crippen LogP contribution in [0, 0.1) is 5.92 Å². The second kappa shape index (κ2) is 6.15. The van der Waals surface area contributed by atoms with Crippen molar-refractivity contribution in [2.45, 2.75) is 44.7 Å². The minimum absolute atomic E-state index is 0.130. The molecule has 2 atom stereocenters. The van der Waals surface area contributed by atoms with Gasteiger partial charge in [-0.25, -0.2) is 4.79 Å². The number of carbonyl (C=O) groups excluding carboxylic acids is 1. The van der Waals surface area contributed by atoms with E-state index in [2.05, 4.69) is 5.32 Å². The van der Waals surface area contributed by atoms with Gasteiger partial charge in [0.25, 0.3) is 0 Å². The van der Waals surface area contributed by atoms with Crippen LogP contribution in [0.2, 0.25) is 0 Å². The smallest absolute Gasteiger partial charge is 0.326 e. The summed E-state index contributed by atoms with van der Waals surface area (Å²) in [6.45, 7) is 4.56. The van der Waals surface area contributed by atoms with Crippen molar-refractivity contribution in [2.75, 3.05) is 13.2 Å². The molecule has 0 saturated carbocycles. The van der Waals surface area contributed by atoms with E-state index in [-0.39, 0.29) is 5.92 Å². The first kappa shape index (κ1) is 14.9. The highest BCUT2D eigenvalue weighted by molar-refractivity contribution is 5.90. The van der Waals surface area contributed by atoms with E-state index in [0.717, 1.165) is 0 Å². The number of aliphatic carboxylic acids is 1. The Bertz CT molecular complexity index is 313. The Morgan fingerprint density at radius 1 is 1.44 bits per heavy atom. The number of amides is 1. The number of hydrogen-bond acceptors (Lipinski definition) is 4. The fraction of sp³-hybridized carbons (Fsp3) is 0.833. The molecule has 0 spiro atoms. The van der Waals surface area contributed by atoms with Crippen LogP contribution in [0.25, 0.3) is 0 Å². The zero-order valence-electron chi connectivity index (χ0n) is 10.9. The van der Waals surface area contributed by atoms with Crippen LogP contribution in [0.1, 0.15) is 33.1 Å². The Morgan fingerprint density at radius 3 is 2.44 bits per heavy atom. The third-order valence-electron chi connectivity index (χ3n) is 3.60. The van der Waals surface area contributed by atoms with E-state index < -0.39 is 23.5 Å². The van der Waals surface area contributed by atoms with E-state index in [1.807, 2.05) is 6.92 Å². The topological polar surface area (TPSA) is 102 Å². The van der Waals surface area contributed by atoms with Crippen molar-refractivity contribution in [3.63, 3.8) is 0 Å². The largest absolute Gasteiger partial charge is 0.480 e. The Hall–Kier alpha value is -1.14. The predicted octanol–water partition coefficient (Wildman–Crippen LogP) is 0.110. The Balaban J connectivity index is 2.68. The fourth-order valence-corrected chi connectivity index (χ4v) is 1.93. The van der Waals surface area contributed by atoms with Crippen LogP contribution in [-0.4, -0.2) is 41.8 Å². The summed E-state index contributed by atoms with van der Waals surface area (Å²) >= 11 is 0. The average Bonchev–Trinajstić information content (AvgIpc) is 2.35. The highest BCUT2D eigenvalue weighted by Gasteiger charge is 2.38. The quantitative estimate of drug-likeness (QED) is 0.649. The zero-order chi connectivity index (χ0) is 13.8. The summed E-state index contributed by atoms with van der Waals surface area (Å²) in [5.41, 5.74) is 5.01. The monoisotopic (exact) mass is 258 g/mol. The van der Waals surface area contributed by atoms with E-state index >= 15 is 0 Å². The molecule has 1 aliphatic heterocycles. The van der Waals surface area contributed by atoms with Gasteiger partial charge in [-0.05, 0) is 18.8 Å². The molecule has 4 N–H and O–H groups in total. The standard InChI is InChI=1S/C12H22N2O4/c1-3-8(2)9(10(15)16)14-11(17)12(13)4-6-18-7-5-12/h8-9H,3-7,13H2,1-2H3,(H,14,17)(H,15,16). The van der Waals surface area contributed by atoms with E-state index in [4.69, 9.17) is 15.6 Å². The van der Waals surface area contributed by atoms with Gasteiger partial charge < -0.3 is 20.9 Å². The van der Waals surface area contributed by atoms with Gasteiger partial charge in [0.1, 0.15) is 6.04 Å². The number of carboxylic acids is 1. The normalized spacial score (nSPS) is 21.9. The third-order valence-corrected chi connectivity index (χ3v) is 3.60. The lowest BCUT2D eigenvalue weighted by molar-refractivity contribution is -0.145. The van der Waals surface area contributed by atoms with Crippen molar-refractivity contribution in [3.05, 3.63) is 0 Å². The Kier molecular flexibility index (Phi) is 5.10. The molecule has 2 unspecified atom stereocenters. The lowest BCUT2D eigenvalue weighted by Gasteiger charge is -2.33. The van der Waals surface area contributed by atoms with Crippen LogP contribution < -0.4 is 11.1 Å². The summed E-state index contributed by atoms with van der Waals surface area (Å²) in [6.07, 6.45) is 1.52. The molecular formula is C12H22N2O4. The summed E-state index contributed by atoms with van der Waals surface area (Å²) in [5, 5.41) is 11.7. The van der Waals surface area contributed by atoms with E-state index in [9.17, 15) is 9.59 Å². The third kappa shape index (κ3) is 3.43. The number of rotatable bonds is 5. The van der Waals surface area contributed by atoms with Crippen molar-refractivity contribution in [2.24, 2.45) is 11.7 Å². The lowest BCUT2D eigenvalue weighted by atomic mass is 9.89. The maximum Gasteiger partial charge on any atom is 0.326 e. The van der Waals surface area contributed by atoms with Crippen molar-refractivity contribution in [3.8, 4) is 0 Å². The van der Waals surface area contributed by atoms with E-state index in [0.29, 0.717) is 32.5 Å². The summed E-state index contributed by atoms with van der Waals surface area (Å²) in [6, 6.07) is -0.884. The van der Waals surface area contributed by atoms with E-state index in [1.165, 1.54) is 0 Å². The van der Waals surface area contributed by atoms with Gasteiger partial charge in [-0.15, -0.1) is 0 Å². The van der Waals surface area contributed by atoms with E-state index in [1.54, 1.807) is 6.92 Å². The molecule has 104 valence electrons. The number of nitrogens with two attached hydrogens (primary N) is 1. The first-order valence-electron chi connectivity index (χ1n) is 6.31. The molecule has 0 aliphatic carbocycles. The first-order chi connectivity index (χ1) is 8.40. The van der Waals surface area contributed by atoms with Crippen LogP contribution >= 0.6 is 0 Å². The average molecular weight is 258 g/mol. The van der Waals surface area contributed by atoms with Gasteiger partial charge >= 0.3 is 5.97 Å². The lowest BCUT2D eigenvalue weighted by Crippen LogP contribution is -2.60. The van der Waals surface area contributed by atoms with Crippen LogP contribution in [0.15, 0.2) is 0 Å². The molecule has 1 saturated heterocycles. The van der Waals surface area contributed by atoms with Crippen molar-refractivity contribution < 1.29 is 19.4 Å². The van der Waals surface area contributed by atoms with Gasteiger partial charge in [0, 0.05) is 13.2 Å². The molecule has 6 heteroatoms. The number of carbonyl (C=O) groups is 2. The molecule has 1 rings (SSSR count). The molecule has 1 heterocycles. The summed E-state index contributed by atoms with van der Waals surface area (Å²) in [5.74, 6) is -1.54. The van der Waals surface area contributed by atoms with Crippen LogP contribution in [0.5, 0.6) is 0 Å². The second-order valence-corrected chi connectivity index (χ2v) is 4.94. The summed E-state index contributed by atoms with van der Waals surface area (Å²) in [7, 11) is 0. The molecule has 0 bridgehead atoms. The molecule has 1 fully saturated rings. The summed E-state index contributed by atoms with van der Waals surface area (Å²) in [4.78, 5) is 23.2. The molecule has 0 radical (unpaired) electrons. The maximum absolute atomic E-state index is 12.1. The van der Waals surface area contributed by atoms with Crippen LogP contribution in [0.4, 0.5) is 0 Å². The first-order valence-corrected chi connectivity index (χ1v) is 6.31. The molecular weight excluding hydrogens is 236 g/mol. The molecule has 0 aromatic heterocycles. The minimum atomic E-state index is -1.02. The molecule has 6 nitrogen and oxygen atoms in total. The van der Waals surface area contributed by atoms with Gasteiger partial charge in [0.05, 0.1) is 5.54 Å². The van der Waals surface area contributed by atoms with Gasteiger partial charge in [-0.2, -0.15) is 0 Å². The SMILES string of the molecule is CCC(C)C(NC(=O)C1(N)CCOCC1)C(=O)O. The van der Waals surface area contributed by atoms with Crippen molar-refractivity contribution >= 4 is 11.9 Å². The second-order valence-electron chi connectivity index (χ2n) is 4.94.